The Bertz CT molecular complexity index is 1360. The summed E-state index contributed by atoms with van der Waals surface area (Å²) in [7, 11) is 2.02. The molecule has 0 unspecified atom stereocenters. The van der Waals surface area contributed by atoms with Crippen LogP contribution in [0.5, 0.6) is 0 Å². The molecule has 2 aliphatic rings. The number of nitrogens with zero attached hydrogens (tertiary/aromatic N) is 4. The van der Waals surface area contributed by atoms with E-state index in [0.717, 1.165) is 60.7 Å². The molecule has 2 fully saturated rings. The van der Waals surface area contributed by atoms with Gasteiger partial charge in [-0.3, -0.25) is 9.78 Å². The van der Waals surface area contributed by atoms with Gasteiger partial charge in [0, 0.05) is 68.1 Å². The molecule has 5 nitrogen and oxygen atoms in total. The van der Waals surface area contributed by atoms with E-state index in [0.29, 0.717) is 18.2 Å². The van der Waals surface area contributed by atoms with Crippen molar-refractivity contribution < 1.29 is 18.0 Å². The summed E-state index contributed by atoms with van der Waals surface area (Å²) < 4.78 is 38.9. The lowest BCUT2D eigenvalue weighted by Crippen LogP contribution is -2.48. The molecule has 0 radical (unpaired) electrons. The maximum absolute atomic E-state index is 13.6. The van der Waals surface area contributed by atoms with Crippen LogP contribution in [0.1, 0.15) is 60.9 Å². The number of alkyl halides is 3. The molecular formula is C34H39F3N4O. The molecule has 3 aromatic rings. The number of aryl methyl sites for hydroxylation is 1. The number of amides is 1. The topological polar surface area (TPSA) is 39.7 Å². The van der Waals surface area contributed by atoms with Gasteiger partial charge in [-0.25, -0.2) is 0 Å². The molecule has 1 aliphatic heterocycles. The molecular weight excluding hydrogens is 537 g/mol. The van der Waals surface area contributed by atoms with Crippen LogP contribution in [0.2, 0.25) is 0 Å². The predicted molar refractivity (Wildman–Crippen MR) is 161 cm³/mol. The number of rotatable bonds is 8. The van der Waals surface area contributed by atoms with E-state index in [1.807, 2.05) is 31.0 Å². The lowest BCUT2D eigenvalue weighted by atomic mass is 9.99. The number of hydrogen-bond acceptors (Lipinski definition) is 4. The van der Waals surface area contributed by atoms with E-state index in [1.54, 1.807) is 12.3 Å². The Morgan fingerprint density at radius 3 is 2.24 bits per heavy atom. The van der Waals surface area contributed by atoms with Crippen molar-refractivity contribution in [1.82, 2.24) is 14.8 Å². The number of carbonyl (C=O) groups excluding carboxylic acids is 1. The van der Waals surface area contributed by atoms with Gasteiger partial charge in [-0.2, -0.15) is 13.2 Å². The molecule has 2 aromatic carbocycles. The van der Waals surface area contributed by atoms with Crippen molar-refractivity contribution in [3.63, 3.8) is 0 Å². The molecule has 5 rings (SSSR count). The minimum atomic E-state index is -4.39. The summed E-state index contributed by atoms with van der Waals surface area (Å²) in [6.45, 7) is 4.41. The summed E-state index contributed by atoms with van der Waals surface area (Å²) in [4.78, 5) is 24.5. The van der Waals surface area contributed by atoms with E-state index in [-0.39, 0.29) is 11.9 Å². The van der Waals surface area contributed by atoms with Crippen LogP contribution in [0, 0.1) is 6.92 Å². The van der Waals surface area contributed by atoms with E-state index < -0.39 is 11.7 Å². The lowest BCUT2D eigenvalue weighted by Gasteiger charge is -2.40. The summed E-state index contributed by atoms with van der Waals surface area (Å²) in [5.74, 6) is -0.123. The van der Waals surface area contributed by atoms with Crippen molar-refractivity contribution in [3.05, 3.63) is 95.3 Å². The van der Waals surface area contributed by atoms with Crippen LogP contribution in [-0.4, -0.2) is 52.9 Å². The summed E-state index contributed by atoms with van der Waals surface area (Å²) in [5.41, 5.74) is 3.94. The van der Waals surface area contributed by atoms with Crippen molar-refractivity contribution in [3.8, 4) is 0 Å². The average molecular weight is 577 g/mol. The van der Waals surface area contributed by atoms with Crippen LogP contribution in [0.3, 0.4) is 0 Å². The number of benzene rings is 2. The van der Waals surface area contributed by atoms with Crippen molar-refractivity contribution in [2.24, 2.45) is 0 Å². The van der Waals surface area contributed by atoms with Crippen molar-refractivity contribution in [2.45, 2.75) is 70.3 Å². The number of piperidine rings is 1. The maximum Gasteiger partial charge on any atom is 0.416 e. The number of carbonyl (C=O) groups is 1. The summed E-state index contributed by atoms with van der Waals surface area (Å²) >= 11 is 0. The highest BCUT2D eigenvalue weighted by atomic mass is 19.4. The van der Waals surface area contributed by atoms with Crippen LogP contribution in [0.4, 0.5) is 24.5 Å². The molecule has 1 amide bonds. The van der Waals surface area contributed by atoms with Crippen LogP contribution in [0.25, 0.3) is 6.08 Å². The number of aromatic nitrogens is 1. The lowest BCUT2D eigenvalue weighted by molar-refractivity contribution is -0.137. The summed E-state index contributed by atoms with van der Waals surface area (Å²) in [5, 5.41) is 0. The minimum Gasteiger partial charge on any atom is -0.345 e. The van der Waals surface area contributed by atoms with Gasteiger partial charge in [-0.05, 0) is 86.2 Å². The Morgan fingerprint density at radius 2 is 1.62 bits per heavy atom. The second-order valence-corrected chi connectivity index (χ2v) is 11.5. The highest BCUT2D eigenvalue weighted by Gasteiger charge is 2.32. The summed E-state index contributed by atoms with van der Waals surface area (Å²) in [6, 6.07) is 17.9. The Balaban J connectivity index is 1.30. The second kappa shape index (κ2) is 13.1. The van der Waals surface area contributed by atoms with E-state index in [4.69, 9.17) is 0 Å². The molecule has 42 heavy (non-hydrogen) atoms. The van der Waals surface area contributed by atoms with Gasteiger partial charge in [-0.1, -0.05) is 37.1 Å². The molecule has 1 aliphatic carbocycles. The zero-order valence-electron chi connectivity index (χ0n) is 24.4. The van der Waals surface area contributed by atoms with Gasteiger partial charge >= 0.3 is 6.18 Å². The predicted octanol–water partition coefficient (Wildman–Crippen LogP) is 7.63. The van der Waals surface area contributed by atoms with Gasteiger partial charge in [0.1, 0.15) is 0 Å². The zero-order chi connectivity index (χ0) is 29.7. The quantitative estimate of drug-likeness (QED) is 0.259. The number of halogens is 3. The normalized spacial score (nSPS) is 17.2. The highest BCUT2D eigenvalue weighted by Crippen LogP contribution is 2.31. The van der Waals surface area contributed by atoms with Crippen LogP contribution in [-0.2, 0) is 17.5 Å². The van der Waals surface area contributed by atoms with Gasteiger partial charge in [-0.15, -0.1) is 0 Å². The Morgan fingerprint density at radius 1 is 0.952 bits per heavy atom. The highest BCUT2D eigenvalue weighted by molar-refractivity contribution is 5.92. The number of pyridine rings is 1. The third-order valence-corrected chi connectivity index (χ3v) is 8.66. The van der Waals surface area contributed by atoms with E-state index in [9.17, 15) is 18.0 Å². The monoisotopic (exact) mass is 576 g/mol. The second-order valence-electron chi connectivity index (χ2n) is 11.5. The largest absolute Gasteiger partial charge is 0.416 e. The SMILES string of the molecule is Cc1cc(N(C)c2ccc(CN(C(=O)/C=C/c3ccc(C(F)(F)F)cc3)C3CCN(C4CCCC4)CC3)cc2)ccn1. The number of anilines is 2. The molecule has 1 aromatic heterocycles. The number of likely N-dealkylation sites (tertiary alicyclic amines) is 1. The molecule has 1 saturated carbocycles. The molecule has 0 N–H and O–H groups in total. The van der Waals surface area contributed by atoms with Crippen molar-refractivity contribution >= 4 is 23.4 Å². The van der Waals surface area contributed by atoms with Crippen LogP contribution in [0.15, 0.2) is 72.9 Å². The average Bonchev–Trinajstić information content (AvgIpc) is 3.54. The van der Waals surface area contributed by atoms with E-state index in [1.165, 1.54) is 43.9 Å². The van der Waals surface area contributed by atoms with Crippen molar-refractivity contribution in [2.75, 3.05) is 25.0 Å². The van der Waals surface area contributed by atoms with Gasteiger partial charge in [0.15, 0.2) is 0 Å². The minimum absolute atomic E-state index is 0.106. The number of hydrogen-bond donors (Lipinski definition) is 0. The van der Waals surface area contributed by atoms with E-state index >= 15 is 0 Å². The molecule has 2 heterocycles. The molecule has 0 bridgehead atoms. The maximum atomic E-state index is 13.6. The Labute approximate surface area is 246 Å². The molecule has 1 saturated heterocycles. The van der Waals surface area contributed by atoms with Gasteiger partial charge < -0.3 is 14.7 Å². The third-order valence-electron chi connectivity index (χ3n) is 8.66. The van der Waals surface area contributed by atoms with E-state index in [2.05, 4.69) is 39.0 Å². The first-order valence-corrected chi connectivity index (χ1v) is 14.8. The van der Waals surface area contributed by atoms with Gasteiger partial charge in [0.05, 0.1) is 5.56 Å². The fraction of sp³-hybridized carbons (Fsp3) is 0.412. The van der Waals surface area contributed by atoms with Crippen molar-refractivity contribution in [1.29, 1.82) is 0 Å². The standard InChI is InChI=1S/C34H39F3N4O/c1-25-23-32(17-20-38-25)39(2)29-14-9-27(10-15-29)24-41(31-18-21-40(22-19-31)30-5-3-4-6-30)33(42)16-11-26-7-12-28(13-8-26)34(35,36)37/h7-17,20,23,30-31H,3-6,18-19,21-22,24H2,1-2H3/b16-11+. The summed E-state index contributed by atoms with van der Waals surface area (Å²) in [6.07, 6.45) is 7.49. The van der Waals surface area contributed by atoms with Gasteiger partial charge in [0.2, 0.25) is 5.91 Å². The fourth-order valence-electron chi connectivity index (χ4n) is 6.18. The first kappa shape index (κ1) is 29.8. The van der Waals surface area contributed by atoms with Gasteiger partial charge in [0.25, 0.3) is 0 Å². The third kappa shape index (κ3) is 7.40. The molecule has 0 atom stereocenters. The van der Waals surface area contributed by atoms with Crippen LogP contribution >= 0.6 is 0 Å². The Kier molecular flexibility index (Phi) is 9.31. The fourth-order valence-corrected chi connectivity index (χ4v) is 6.18. The van der Waals surface area contributed by atoms with Crippen LogP contribution < -0.4 is 4.90 Å². The molecule has 8 heteroatoms. The first-order chi connectivity index (χ1) is 20.2. The zero-order valence-corrected chi connectivity index (χ0v) is 24.4. The Hall–Kier alpha value is -3.65. The smallest absolute Gasteiger partial charge is 0.345 e. The first-order valence-electron chi connectivity index (χ1n) is 14.8. The molecule has 222 valence electrons. The molecule has 0 spiro atoms.